The summed E-state index contributed by atoms with van der Waals surface area (Å²) in [7, 11) is 4.09. The lowest BCUT2D eigenvalue weighted by atomic mass is 9.97. The average molecular weight is 466 g/mol. The standard InChI is InChI=1S/C29H31N5O/c1-5-32-16-22(13-19(2)17-34(3)4)20-9-10-26(30)25(14-20)29(31)28-15-24-23(21-11-12-35-18-21)7-6-8-27(24)33-28/h5-16,18,31-33H,1,17,30H2,2-4H3/b19-13+,22-16+,31-29?. The molecule has 0 radical (unpaired) electrons. The third-order valence-corrected chi connectivity index (χ3v) is 5.75. The smallest absolute Gasteiger partial charge is 0.0981 e. The summed E-state index contributed by atoms with van der Waals surface area (Å²) < 4.78 is 5.28. The number of allylic oxidation sites excluding steroid dienone is 2. The van der Waals surface area contributed by atoms with Crippen molar-refractivity contribution in [2.75, 3.05) is 26.4 Å². The zero-order valence-corrected chi connectivity index (χ0v) is 20.4. The van der Waals surface area contributed by atoms with Gasteiger partial charge in [-0.15, -0.1) is 0 Å². The molecule has 4 aromatic rings. The van der Waals surface area contributed by atoms with Crippen molar-refractivity contribution in [3.05, 3.63) is 109 Å². The Labute approximate surface area is 206 Å². The van der Waals surface area contributed by atoms with Crippen molar-refractivity contribution >= 4 is 27.9 Å². The summed E-state index contributed by atoms with van der Waals surface area (Å²) in [5, 5.41) is 13.1. The van der Waals surface area contributed by atoms with Crippen molar-refractivity contribution in [1.82, 2.24) is 15.2 Å². The molecule has 0 bridgehead atoms. The minimum absolute atomic E-state index is 0.337. The molecule has 2 aromatic carbocycles. The number of rotatable bonds is 9. The van der Waals surface area contributed by atoms with Gasteiger partial charge in [0.2, 0.25) is 0 Å². The van der Waals surface area contributed by atoms with Gasteiger partial charge in [0.25, 0.3) is 0 Å². The highest BCUT2D eigenvalue weighted by Gasteiger charge is 2.15. The van der Waals surface area contributed by atoms with E-state index in [0.29, 0.717) is 22.7 Å². The van der Waals surface area contributed by atoms with E-state index in [1.165, 1.54) is 5.57 Å². The molecule has 0 saturated carbocycles. The average Bonchev–Trinajstić information content (AvgIpc) is 3.51. The highest BCUT2D eigenvalue weighted by molar-refractivity contribution is 6.15. The lowest BCUT2D eigenvalue weighted by Crippen LogP contribution is -2.14. The van der Waals surface area contributed by atoms with Crippen molar-refractivity contribution in [2.24, 2.45) is 0 Å². The van der Waals surface area contributed by atoms with E-state index in [0.717, 1.165) is 39.7 Å². The van der Waals surface area contributed by atoms with Crippen LogP contribution in [0.3, 0.4) is 0 Å². The van der Waals surface area contributed by atoms with Gasteiger partial charge in [-0.05, 0) is 74.3 Å². The molecule has 2 heterocycles. The fourth-order valence-electron chi connectivity index (χ4n) is 4.22. The quantitative estimate of drug-likeness (QED) is 0.138. The molecule has 0 unspecified atom stereocenters. The maximum Gasteiger partial charge on any atom is 0.0981 e. The summed E-state index contributed by atoms with van der Waals surface area (Å²) in [6, 6.07) is 15.8. The molecule has 6 heteroatoms. The van der Waals surface area contributed by atoms with E-state index in [9.17, 15) is 0 Å². The largest absolute Gasteiger partial charge is 0.472 e. The van der Waals surface area contributed by atoms with E-state index in [1.54, 1.807) is 18.7 Å². The molecule has 6 nitrogen and oxygen atoms in total. The molecule has 4 rings (SSSR count). The van der Waals surface area contributed by atoms with Crippen molar-refractivity contribution in [3.63, 3.8) is 0 Å². The molecule has 35 heavy (non-hydrogen) atoms. The SMILES string of the molecule is C=CN/C=C(\C=C(/C)CN(C)C)c1ccc(N)c(C(=N)c2cc3c(-c4ccoc4)cccc3[nH]2)c1. The van der Waals surface area contributed by atoms with E-state index < -0.39 is 0 Å². The van der Waals surface area contributed by atoms with Gasteiger partial charge in [0.05, 0.1) is 23.9 Å². The molecule has 178 valence electrons. The van der Waals surface area contributed by atoms with Gasteiger partial charge in [-0.1, -0.05) is 36.4 Å². The fourth-order valence-corrected chi connectivity index (χ4v) is 4.22. The van der Waals surface area contributed by atoms with Crippen LogP contribution in [-0.2, 0) is 0 Å². The summed E-state index contributed by atoms with van der Waals surface area (Å²) in [5.41, 5.74) is 14.8. The Hall–Kier alpha value is -4.29. The second-order valence-electron chi connectivity index (χ2n) is 8.84. The summed E-state index contributed by atoms with van der Waals surface area (Å²) in [6.07, 6.45) is 9.07. The number of nitrogen functional groups attached to an aromatic ring is 1. The number of fused-ring (bicyclic) bond motifs is 1. The Bertz CT molecular complexity index is 1420. The first-order valence-corrected chi connectivity index (χ1v) is 11.4. The number of furan rings is 1. The third-order valence-electron chi connectivity index (χ3n) is 5.75. The zero-order chi connectivity index (χ0) is 24.9. The molecule has 0 aliphatic rings. The van der Waals surface area contributed by atoms with Crippen LogP contribution >= 0.6 is 0 Å². The number of anilines is 1. The van der Waals surface area contributed by atoms with Gasteiger partial charge in [-0.2, -0.15) is 0 Å². The first-order chi connectivity index (χ1) is 16.9. The van der Waals surface area contributed by atoms with E-state index in [4.69, 9.17) is 15.6 Å². The van der Waals surface area contributed by atoms with Crippen molar-refractivity contribution < 1.29 is 4.42 Å². The number of aromatic nitrogens is 1. The zero-order valence-electron chi connectivity index (χ0n) is 20.4. The molecule has 0 aliphatic heterocycles. The lowest BCUT2D eigenvalue weighted by molar-refractivity contribution is 0.445. The van der Waals surface area contributed by atoms with Crippen molar-refractivity contribution in [1.29, 1.82) is 5.41 Å². The lowest BCUT2D eigenvalue weighted by Gasteiger charge is -2.13. The summed E-state index contributed by atoms with van der Waals surface area (Å²) in [6.45, 7) is 6.70. The first kappa shape index (κ1) is 23.9. The molecular weight excluding hydrogens is 434 g/mol. The Morgan fingerprint density at radius 3 is 2.74 bits per heavy atom. The summed E-state index contributed by atoms with van der Waals surface area (Å²) in [4.78, 5) is 5.52. The van der Waals surface area contributed by atoms with E-state index in [2.05, 4.69) is 40.8 Å². The normalized spacial score (nSPS) is 12.3. The third kappa shape index (κ3) is 5.28. The molecule has 2 aromatic heterocycles. The first-order valence-electron chi connectivity index (χ1n) is 11.4. The van der Waals surface area contributed by atoms with Gasteiger partial charge < -0.3 is 25.4 Å². The van der Waals surface area contributed by atoms with Crippen LogP contribution in [-0.4, -0.2) is 36.2 Å². The van der Waals surface area contributed by atoms with E-state index in [-0.39, 0.29) is 0 Å². The van der Waals surface area contributed by atoms with Crippen LogP contribution in [0.25, 0.3) is 27.6 Å². The molecule has 0 aliphatic carbocycles. The van der Waals surface area contributed by atoms with Crippen molar-refractivity contribution in [2.45, 2.75) is 6.92 Å². The number of nitrogens with zero attached hydrogens (tertiary/aromatic N) is 1. The summed E-state index contributed by atoms with van der Waals surface area (Å²) >= 11 is 0. The topological polar surface area (TPSA) is 94.1 Å². The number of hydrogen-bond acceptors (Lipinski definition) is 5. The van der Waals surface area contributed by atoms with Gasteiger partial charge in [0.15, 0.2) is 0 Å². The van der Waals surface area contributed by atoms with Crippen LogP contribution in [0.5, 0.6) is 0 Å². The van der Waals surface area contributed by atoms with Gasteiger partial charge in [-0.3, -0.25) is 5.41 Å². The predicted molar refractivity (Wildman–Crippen MR) is 146 cm³/mol. The van der Waals surface area contributed by atoms with Crippen LogP contribution in [0.15, 0.2) is 96.1 Å². The fraction of sp³-hybridized carbons (Fsp3) is 0.138. The second kappa shape index (κ2) is 10.3. The van der Waals surface area contributed by atoms with Crippen LogP contribution in [0.2, 0.25) is 0 Å². The maximum atomic E-state index is 9.00. The number of hydrogen-bond donors (Lipinski definition) is 4. The Kier molecular flexibility index (Phi) is 7.03. The molecule has 0 fully saturated rings. The van der Waals surface area contributed by atoms with Gasteiger partial charge in [-0.25, -0.2) is 0 Å². The van der Waals surface area contributed by atoms with E-state index >= 15 is 0 Å². The molecule has 5 N–H and O–H groups in total. The molecule has 0 saturated heterocycles. The number of H-pyrrole nitrogens is 1. The van der Waals surface area contributed by atoms with Crippen LogP contribution in [0.1, 0.15) is 23.7 Å². The predicted octanol–water partition coefficient (Wildman–Crippen LogP) is 6.01. The summed E-state index contributed by atoms with van der Waals surface area (Å²) in [5.74, 6) is 0. The van der Waals surface area contributed by atoms with Gasteiger partial charge in [0.1, 0.15) is 0 Å². The highest BCUT2D eigenvalue weighted by Crippen LogP contribution is 2.31. The number of aromatic amines is 1. The minimum Gasteiger partial charge on any atom is -0.472 e. The number of nitrogens with one attached hydrogen (secondary N) is 3. The Morgan fingerprint density at radius 2 is 2.03 bits per heavy atom. The minimum atomic E-state index is 0.337. The maximum absolute atomic E-state index is 9.00. The monoisotopic (exact) mass is 465 g/mol. The number of nitrogens with two attached hydrogens (primary N) is 1. The van der Waals surface area contributed by atoms with Crippen molar-refractivity contribution in [3.8, 4) is 11.1 Å². The molecule has 0 atom stereocenters. The van der Waals surface area contributed by atoms with Crippen LogP contribution in [0, 0.1) is 5.41 Å². The Balaban J connectivity index is 1.74. The number of likely N-dealkylation sites (N-methyl/N-ethyl adjacent to an activating group) is 1. The van der Waals surface area contributed by atoms with E-state index in [1.807, 2.05) is 62.8 Å². The van der Waals surface area contributed by atoms with Gasteiger partial charge in [0, 0.05) is 40.5 Å². The number of benzene rings is 2. The Morgan fingerprint density at radius 1 is 1.20 bits per heavy atom. The van der Waals surface area contributed by atoms with Crippen LogP contribution < -0.4 is 11.1 Å². The highest BCUT2D eigenvalue weighted by atomic mass is 16.3. The molecule has 0 spiro atoms. The van der Waals surface area contributed by atoms with Gasteiger partial charge >= 0.3 is 0 Å². The van der Waals surface area contributed by atoms with Crippen LogP contribution in [0.4, 0.5) is 5.69 Å². The second-order valence-corrected chi connectivity index (χ2v) is 8.84. The molecular formula is C29H31N5O. The molecule has 0 amide bonds.